The molecule has 0 fully saturated rings. The SMILES string of the molecule is O=C(COC(=O)c1cccc(Oc2ccccc2)c1)NCC(=O)Nc1ccc(F)cc1. The molecule has 8 heteroatoms. The number of para-hydroxylation sites is 1. The fourth-order valence-electron chi connectivity index (χ4n) is 2.49. The Bertz CT molecular complexity index is 1060. The highest BCUT2D eigenvalue weighted by Gasteiger charge is 2.12. The first-order chi connectivity index (χ1) is 15.0. The predicted octanol–water partition coefficient (Wildman–Crippen LogP) is 3.53. The van der Waals surface area contributed by atoms with Crippen molar-refractivity contribution in [2.24, 2.45) is 0 Å². The highest BCUT2D eigenvalue weighted by atomic mass is 19.1. The predicted molar refractivity (Wildman–Crippen MR) is 111 cm³/mol. The van der Waals surface area contributed by atoms with Crippen LogP contribution < -0.4 is 15.4 Å². The van der Waals surface area contributed by atoms with Gasteiger partial charge in [0.25, 0.3) is 5.91 Å². The van der Waals surface area contributed by atoms with Crippen molar-refractivity contribution in [3.63, 3.8) is 0 Å². The van der Waals surface area contributed by atoms with Gasteiger partial charge in [-0.1, -0.05) is 24.3 Å². The summed E-state index contributed by atoms with van der Waals surface area (Å²) in [6, 6.07) is 20.6. The summed E-state index contributed by atoms with van der Waals surface area (Å²) < 4.78 is 23.5. The third kappa shape index (κ3) is 6.97. The summed E-state index contributed by atoms with van der Waals surface area (Å²) in [6.45, 7) is -0.874. The monoisotopic (exact) mass is 422 g/mol. The number of anilines is 1. The van der Waals surface area contributed by atoms with Crippen LogP contribution in [0.25, 0.3) is 0 Å². The van der Waals surface area contributed by atoms with E-state index in [0.29, 0.717) is 17.2 Å². The molecule has 0 radical (unpaired) electrons. The Hall–Kier alpha value is -4.20. The number of hydrogen-bond acceptors (Lipinski definition) is 5. The van der Waals surface area contributed by atoms with Gasteiger partial charge in [0.15, 0.2) is 6.61 Å². The molecule has 2 amide bonds. The number of esters is 1. The number of benzene rings is 3. The van der Waals surface area contributed by atoms with Gasteiger partial charge in [-0.2, -0.15) is 0 Å². The Morgan fingerprint density at radius 1 is 0.806 bits per heavy atom. The first-order valence-electron chi connectivity index (χ1n) is 9.32. The molecular weight excluding hydrogens is 403 g/mol. The van der Waals surface area contributed by atoms with E-state index in [1.807, 2.05) is 18.2 Å². The minimum absolute atomic E-state index is 0.218. The van der Waals surface area contributed by atoms with Crippen LogP contribution in [0.1, 0.15) is 10.4 Å². The third-order valence-corrected chi connectivity index (χ3v) is 3.96. The van der Waals surface area contributed by atoms with E-state index in [-0.39, 0.29) is 12.1 Å². The smallest absolute Gasteiger partial charge is 0.338 e. The average molecular weight is 422 g/mol. The molecule has 0 saturated heterocycles. The van der Waals surface area contributed by atoms with Gasteiger partial charge in [-0.25, -0.2) is 9.18 Å². The highest BCUT2D eigenvalue weighted by Crippen LogP contribution is 2.22. The lowest BCUT2D eigenvalue weighted by molar-refractivity contribution is -0.126. The molecule has 3 aromatic rings. The largest absolute Gasteiger partial charge is 0.457 e. The molecule has 0 aliphatic carbocycles. The Labute approximate surface area is 177 Å². The molecule has 0 heterocycles. The lowest BCUT2D eigenvalue weighted by Gasteiger charge is -2.09. The zero-order chi connectivity index (χ0) is 22.1. The zero-order valence-electron chi connectivity index (χ0n) is 16.3. The van der Waals surface area contributed by atoms with Crippen molar-refractivity contribution in [2.75, 3.05) is 18.5 Å². The van der Waals surface area contributed by atoms with Gasteiger partial charge in [-0.3, -0.25) is 9.59 Å². The molecule has 0 spiro atoms. The van der Waals surface area contributed by atoms with Crippen molar-refractivity contribution in [1.82, 2.24) is 5.32 Å². The fraction of sp³-hybridized carbons (Fsp3) is 0.0870. The molecular formula is C23H19FN2O5. The standard InChI is InChI=1S/C23H19FN2O5/c24-17-9-11-18(12-10-17)26-21(27)14-25-22(28)15-30-23(29)16-5-4-8-20(13-16)31-19-6-2-1-3-7-19/h1-13H,14-15H2,(H,25,28)(H,26,27). The molecule has 0 atom stereocenters. The van der Waals surface area contributed by atoms with Crippen molar-refractivity contribution >= 4 is 23.5 Å². The van der Waals surface area contributed by atoms with Crippen molar-refractivity contribution < 1.29 is 28.2 Å². The molecule has 158 valence electrons. The second kappa shape index (κ2) is 10.5. The Balaban J connectivity index is 1.43. The van der Waals surface area contributed by atoms with Crippen LogP contribution >= 0.6 is 0 Å². The normalized spacial score (nSPS) is 10.1. The molecule has 0 bridgehead atoms. The maximum atomic E-state index is 12.9. The summed E-state index contributed by atoms with van der Waals surface area (Å²) in [7, 11) is 0. The molecule has 0 unspecified atom stereocenters. The van der Waals surface area contributed by atoms with Gasteiger partial charge in [-0.15, -0.1) is 0 Å². The molecule has 3 aromatic carbocycles. The Morgan fingerprint density at radius 3 is 2.26 bits per heavy atom. The van der Waals surface area contributed by atoms with E-state index in [2.05, 4.69) is 10.6 Å². The van der Waals surface area contributed by atoms with E-state index in [1.165, 1.54) is 36.4 Å². The summed E-state index contributed by atoms with van der Waals surface area (Å²) in [5.41, 5.74) is 0.611. The van der Waals surface area contributed by atoms with Gasteiger partial charge >= 0.3 is 5.97 Å². The van der Waals surface area contributed by atoms with Crippen molar-refractivity contribution in [3.8, 4) is 11.5 Å². The van der Waals surface area contributed by atoms with E-state index >= 15 is 0 Å². The first kappa shape index (κ1) is 21.5. The minimum atomic E-state index is -0.704. The second-order valence-corrected chi connectivity index (χ2v) is 6.35. The van der Waals surface area contributed by atoms with Crippen molar-refractivity contribution in [1.29, 1.82) is 0 Å². The van der Waals surface area contributed by atoms with Crippen LogP contribution in [0.3, 0.4) is 0 Å². The maximum Gasteiger partial charge on any atom is 0.338 e. The van der Waals surface area contributed by atoms with Crippen LogP contribution in [0, 0.1) is 5.82 Å². The zero-order valence-corrected chi connectivity index (χ0v) is 16.3. The summed E-state index contributed by atoms with van der Waals surface area (Å²) in [6.07, 6.45) is 0. The number of amides is 2. The van der Waals surface area contributed by atoms with Crippen molar-refractivity contribution in [3.05, 3.63) is 90.2 Å². The lowest BCUT2D eigenvalue weighted by Crippen LogP contribution is -2.35. The van der Waals surface area contributed by atoms with Gasteiger partial charge < -0.3 is 20.1 Å². The average Bonchev–Trinajstić information content (AvgIpc) is 2.78. The first-order valence-corrected chi connectivity index (χ1v) is 9.32. The lowest BCUT2D eigenvalue weighted by atomic mass is 10.2. The van der Waals surface area contributed by atoms with E-state index in [1.54, 1.807) is 24.3 Å². The van der Waals surface area contributed by atoms with Crippen LogP contribution in [0.2, 0.25) is 0 Å². The molecule has 0 aliphatic heterocycles. The molecule has 0 aromatic heterocycles. The van der Waals surface area contributed by atoms with Gasteiger partial charge in [-0.05, 0) is 54.6 Å². The van der Waals surface area contributed by atoms with Crippen LogP contribution in [0.15, 0.2) is 78.9 Å². The van der Waals surface area contributed by atoms with Gasteiger partial charge in [0.05, 0.1) is 12.1 Å². The molecule has 0 saturated carbocycles. The number of halogens is 1. The van der Waals surface area contributed by atoms with Crippen LogP contribution in [-0.4, -0.2) is 30.9 Å². The maximum absolute atomic E-state index is 12.9. The minimum Gasteiger partial charge on any atom is -0.457 e. The van der Waals surface area contributed by atoms with E-state index < -0.39 is 30.2 Å². The quantitative estimate of drug-likeness (QED) is 0.542. The number of carbonyl (C=O) groups is 3. The Morgan fingerprint density at radius 2 is 1.52 bits per heavy atom. The summed E-state index contributed by atoms with van der Waals surface area (Å²) in [4.78, 5) is 35.8. The molecule has 7 nitrogen and oxygen atoms in total. The second-order valence-electron chi connectivity index (χ2n) is 6.35. The third-order valence-electron chi connectivity index (χ3n) is 3.96. The highest BCUT2D eigenvalue weighted by molar-refractivity contribution is 5.95. The molecule has 31 heavy (non-hydrogen) atoms. The number of hydrogen-bond donors (Lipinski definition) is 2. The van der Waals surface area contributed by atoms with Gasteiger partial charge in [0.1, 0.15) is 17.3 Å². The van der Waals surface area contributed by atoms with E-state index in [4.69, 9.17) is 9.47 Å². The number of nitrogens with one attached hydrogen (secondary N) is 2. The van der Waals surface area contributed by atoms with Crippen LogP contribution in [0.5, 0.6) is 11.5 Å². The Kier molecular flexibility index (Phi) is 7.31. The van der Waals surface area contributed by atoms with Gasteiger partial charge in [0.2, 0.25) is 5.91 Å². The summed E-state index contributed by atoms with van der Waals surface area (Å²) in [5.74, 6) is -1.21. The summed E-state index contributed by atoms with van der Waals surface area (Å²) >= 11 is 0. The fourth-order valence-corrected chi connectivity index (χ4v) is 2.49. The molecule has 3 rings (SSSR count). The number of rotatable bonds is 8. The van der Waals surface area contributed by atoms with Crippen LogP contribution in [0.4, 0.5) is 10.1 Å². The molecule has 2 N–H and O–H groups in total. The number of ether oxygens (including phenoxy) is 2. The van der Waals surface area contributed by atoms with Crippen molar-refractivity contribution in [2.45, 2.75) is 0 Å². The topological polar surface area (TPSA) is 93.7 Å². The van der Waals surface area contributed by atoms with Gasteiger partial charge in [0, 0.05) is 5.69 Å². The van der Waals surface area contributed by atoms with E-state index in [9.17, 15) is 18.8 Å². The van der Waals surface area contributed by atoms with Crippen LogP contribution in [-0.2, 0) is 14.3 Å². The molecule has 0 aliphatic rings. The summed E-state index contributed by atoms with van der Waals surface area (Å²) in [5, 5.41) is 4.84. The van der Waals surface area contributed by atoms with E-state index in [0.717, 1.165) is 0 Å². The number of carbonyl (C=O) groups excluding carboxylic acids is 3.